The third-order valence-corrected chi connectivity index (χ3v) is 4.20. The molecule has 0 atom stereocenters. The van der Waals surface area contributed by atoms with Crippen LogP contribution in [0.1, 0.15) is 17.5 Å². The Kier molecular flexibility index (Phi) is 9.45. The maximum atomic E-state index is 12.3. The van der Waals surface area contributed by atoms with Crippen molar-refractivity contribution >= 4 is 5.91 Å². The second kappa shape index (κ2) is 12.0. The van der Waals surface area contributed by atoms with Crippen molar-refractivity contribution in [2.75, 3.05) is 34.0 Å². The van der Waals surface area contributed by atoms with Crippen LogP contribution in [0, 0.1) is 0 Å². The molecule has 0 aliphatic heterocycles. The van der Waals surface area contributed by atoms with E-state index in [4.69, 9.17) is 18.9 Å². The molecule has 2 rings (SSSR count). The zero-order chi connectivity index (χ0) is 22.7. The van der Waals surface area contributed by atoms with Crippen LogP contribution in [-0.2, 0) is 22.5 Å². The van der Waals surface area contributed by atoms with E-state index in [1.807, 2.05) is 24.3 Å². The lowest BCUT2D eigenvalue weighted by Gasteiger charge is -2.13. The number of benzene rings is 2. The maximum Gasteiger partial charge on any atom is 0.422 e. The Morgan fingerprint density at radius 2 is 1.77 bits per heavy atom. The Morgan fingerprint density at radius 3 is 2.48 bits per heavy atom. The summed E-state index contributed by atoms with van der Waals surface area (Å²) in [4.78, 5) is 12.2. The molecule has 0 heterocycles. The van der Waals surface area contributed by atoms with Crippen LogP contribution in [0.25, 0.3) is 0 Å². The van der Waals surface area contributed by atoms with Gasteiger partial charge < -0.3 is 24.3 Å². The number of amides is 1. The van der Waals surface area contributed by atoms with Gasteiger partial charge in [0.05, 0.1) is 13.7 Å². The summed E-state index contributed by atoms with van der Waals surface area (Å²) in [5, 5.41) is 2.84. The first-order valence-corrected chi connectivity index (χ1v) is 9.64. The highest BCUT2D eigenvalue weighted by Crippen LogP contribution is 2.30. The first-order chi connectivity index (χ1) is 14.8. The van der Waals surface area contributed by atoms with Gasteiger partial charge >= 0.3 is 6.18 Å². The molecule has 0 unspecified atom stereocenters. The van der Waals surface area contributed by atoms with Crippen molar-refractivity contribution in [2.24, 2.45) is 0 Å². The van der Waals surface area contributed by atoms with E-state index in [-0.39, 0.29) is 23.8 Å². The fraction of sp³-hybridized carbons (Fsp3) is 0.409. The van der Waals surface area contributed by atoms with Crippen molar-refractivity contribution in [1.29, 1.82) is 0 Å². The minimum Gasteiger partial charge on any atom is -0.493 e. The molecule has 6 nitrogen and oxygen atoms in total. The summed E-state index contributed by atoms with van der Waals surface area (Å²) >= 11 is 0. The summed E-state index contributed by atoms with van der Waals surface area (Å²) in [6.07, 6.45) is -3.81. The molecule has 0 bridgehead atoms. The van der Waals surface area contributed by atoms with E-state index in [2.05, 4.69) is 5.32 Å². The Bertz CT molecular complexity index is 842. The van der Waals surface area contributed by atoms with Crippen LogP contribution in [0.2, 0.25) is 0 Å². The maximum absolute atomic E-state index is 12.3. The predicted molar refractivity (Wildman–Crippen MR) is 109 cm³/mol. The van der Waals surface area contributed by atoms with E-state index in [9.17, 15) is 18.0 Å². The van der Waals surface area contributed by atoms with E-state index < -0.39 is 12.8 Å². The zero-order valence-electron chi connectivity index (χ0n) is 17.5. The van der Waals surface area contributed by atoms with Gasteiger partial charge in [0, 0.05) is 20.1 Å². The van der Waals surface area contributed by atoms with E-state index in [1.165, 1.54) is 13.2 Å². The van der Waals surface area contributed by atoms with Crippen molar-refractivity contribution in [3.63, 3.8) is 0 Å². The molecule has 0 saturated carbocycles. The number of nitrogens with one attached hydrogen (secondary N) is 1. The van der Waals surface area contributed by atoms with Crippen LogP contribution in [0.15, 0.2) is 42.5 Å². The predicted octanol–water partition coefficient (Wildman–Crippen LogP) is 3.91. The quantitative estimate of drug-likeness (QED) is 0.506. The number of halogens is 3. The third-order valence-electron chi connectivity index (χ3n) is 4.20. The molecule has 31 heavy (non-hydrogen) atoms. The number of carbonyl (C=O) groups excluding carboxylic acids is 1. The molecule has 2 aromatic rings. The van der Waals surface area contributed by atoms with Gasteiger partial charge in [0.1, 0.15) is 12.4 Å². The molecular formula is C22H26F3NO5. The van der Waals surface area contributed by atoms with Gasteiger partial charge in [0.2, 0.25) is 5.91 Å². The third kappa shape index (κ3) is 9.17. The van der Waals surface area contributed by atoms with Crippen LogP contribution in [-0.4, -0.2) is 46.1 Å². The molecule has 0 saturated heterocycles. The van der Waals surface area contributed by atoms with Gasteiger partial charge in [0.25, 0.3) is 0 Å². The molecule has 0 aliphatic rings. The Labute approximate surface area is 179 Å². The van der Waals surface area contributed by atoms with Crippen LogP contribution in [0.4, 0.5) is 13.2 Å². The molecule has 0 spiro atoms. The minimum absolute atomic E-state index is 0.000580. The fourth-order valence-electron chi connectivity index (χ4n) is 2.68. The normalized spacial score (nSPS) is 11.1. The van der Waals surface area contributed by atoms with Crippen molar-refractivity contribution in [2.45, 2.75) is 25.6 Å². The highest BCUT2D eigenvalue weighted by Gasteiger charge is 2.29. The van der Waals surface area contributed by atoms with Crippen LogP contribution in [0.3, 0.4) is 0 Å². The lowest BCUT2D eigenvalue weighted by Crippen LogP contribution is -2.23. The molecule has 0 radical (unpaired) electrons. The first kappa shape index (κ1) is 24.3. The summed E-state index contributed by atoms with van der Waals surface area (Å²) in [5.74, 6) is 0.735. The SMILES string of the molecule is COCCOc1cccc(CNC(=O)CCc2ccc(OCC(F)(F)F)c(OC)c2)c1. The fourth-order valence-corrected chi connectivity index (χ4v) is 2.68. The summed E-state index contributed by atoms with van der Waals surface area (Å²) in [6, 6.07) is 12.0. The van der Waals surface area contributed by atoms with Gasteiger partial charge in [-0.15, -0.1) is 0 Å². The number of hydrogen-bond acceptors (Lipinski definition) is 5. The second-order valence-corrected chi connectivity index (χ2v) is 6.65. The average molecular weight is 441 g/mol. The molecule has 1 N–H and O–H groups in total. The number of alkyl halides is 3. The zero-order valence-corrected chi connectivity index (χ0v) is 17.5. The van der Waals surface area contributed by atoms with Gasteiger partial charge in [-0.2, -0.15) is 13.2 Å². The molecule has 0 fully saturated rings. The molecule has 170 valence electrons. The van der Waals surface area contributed by atoms with E-state index >= 15 is 0 Å². The summed E-state index contributed by atoms with van der Waals surface area (Å²) in [5.41, 5.74) is 1.65. The van der Waals surface area contributed by atoms with Crippen LogP contribution >= 0.6 is 0 Å². The number of aryl methyl sites for hydroxylation is 1. The number of ether oxygens (including phenoxy) is 4. The summed E-state index contributed by atoms with van der Waals surface area (Å²) in [7, 11) is 2.95. The van der Waals surface area contributed by atoms with Gasteiger partial charge in [-0.3, -0.25) is 4.79 Å². The topological polar surface area (TPSA) is 66.0 Å². The lowest BCUT2D eigenvalue weighted by atomic mass is 10.1. The number of hydrogen-bond donors (Lipinski definition) is 1. The van der Waals surface area contributed by atoms with Crippen molar-refractivity contribution in [1.82, 2.24) is 5.32 Å². The minimum atomic E-state index is -4.43. The van der Waals surface area contributed by atoms with Crippen LogP contribution < -0.4 is 19.5 Å². The van der Waals surface area contributed by atoms with Crippen LogP contribution in [0.5, 0.6) is 17.2 Å². The van der Waals surface area contributed by atoms with Crippen molar-refractivity contribution in [3.05, 3.63) is 53.6 Å². The van der Waals surface area contributed by atoms with Gasteiger partial charge in [-0.25, -0.2) is 0 Å². The van der Waals surface area contributed by atoms with Crippen molar-refractivity contribution < 1.29 is 36.9 Å². The van der Waals surface area contributed by atoms with E-state index in [0.717, 1.165) is 11.1 Å². The van der Waals surface area contributed by atoms with Gasteiger partial charge in [0.15, 0.2) is 18.1 Å². The van der Waals surface area contributed by atoms with Crippen molar-refractivity contribution in [3.8, 4) is 17.2 Å². The monoisotopic (exact) mass is 441 g/mol. The Morgan fingerprint density at radius 1 is 0.968 bits per heavy atom. The largest absolute Gasteiger partial charge is 0.493 e. The Hall–Kier alpha value is -2.94. The van der Waals surface area contributed by atoms with Gasteiger partial charge in [-0.1, -0.05) is 18.2 Å². The second-order valence-electron chi connectivity index (χ2n) is 6.65. The number of rotatable bonds is 12. The standard InChI is InChI=1S/C22H26F3NO5/c1-28-10-11-30-18-5-3-4-17(12-18)14-26-21(27)9-7-16-6-8-19(20(13-16)29-2)31-15-22(23,24)25/h3-6,8,12-13H,7,9-11,14-15H2,1-2H3,(H,26,27). The summed E-state index contributed by atoms with van der Waals surface area (Å²) < 4.78 is 57.3. The molecule has 1 amide bonds. The lowest BCUT2D eigenvalue weighted by molar-refractivity contribution is -0.153. The van der Waals surface area contributed by atoms with E-state index in [0.29, 0.717) is 31.9 Å². The van der Waals surface area contributed by atoms with Gasteiger partial charge in [-0.05, 0) is 41.8 Å². The number of carbonyl (C=O) groups is 1. The Balaban J connectivity index is 1.82. The molecule has 9 heteroatoms. The number of methoxy groups -OCH3 is 2. The molecule has 0 aliphatic carbocycles. The molecular weight excluding hydrogens is 415 g/mol. The van der Waals surface area contributed by atoms with E-state index in [1.54, 1.807) is 19.2 Å². The molecule has 2 aromatic carbocycles. The highest BCUT2D eigenvalue weighted by molar-refractivity contribution is 5.76. The highest BCUT2D eigenvalue weighted by atomic mass is 19.4. The first-order valence-electron chi connectivity index (χ1n) is 9.64. The molecule has 0 aromatic heterocycles. The smallest absolute Gasteiger partial charge is 0.422 e. The average Bonchev–Trinajstić information content (AvgIpc) is 2.75. The summed E-state index contributed by atoms with van der Waals surface area (Å²) in [6.45, 7) is -0.116.